The molecule has 0 heterocycles. The Morgan fingerprint density at radius 3 is 2.39 bits per heavy atom. The van der Waals surface area contributed by atoms with E-state index >= 15 is 0 Å². The topological polar surface area (TPSA) is 56.8 Å². The van der Waals surface area contributed by atoms with Crippen molar-refractivity contribution in [3.8, 4) is 17.2 Å². The summed E-state index contributed by atoms with van der Waals surface area (Å²) in [7, 11) is 4.74. The molecule has 0 fully saturated rings. The van der Waals surface area contributed by atoms with Crippen LogP contribution in [-0.4, -0.2) is 27.2 Å². The monoisotopic (exact) mass is 313 g/mol. The highest BCUT2D eigenvalue weighted by Crippen LogP contribution is 2.25. The molecule has 0 unspecified atom stereocenters. The summed E-state index contributed by atoms with van der Waals surface area (Å²) in [5.41, 5.74) is 1.45. The molecule has 1 N–H and O–H groups in total. The van der Waals surface area contributed by atoms with Crippen LogP contribution in [-0.2, 0) is 4.79 Å². The molecule has 23 heavy (non-hydrogen) atoms. The standard InChI is InChI=1S/C18H19NO4/c1-21-15-6-4-5-14(11-15)19-18(20)10-8-13-7-9-16(22-2)12-17(13)23-3/h4-12H,1-3H3,(H,19,20). The minimum Gasteiger partial charge on any atom is -0.497 e. The zero-order valence-electron chi connectivity index (χ0n) is 13.3. The lowest BCUT2D eigenvalue weighted by Gasteiger charge is -2.07. The number of hydrogen-bond acceptors (Lipinski definition) is 4. The fraction of sp³-hybridized carbons (Fsp3) is 0.167. The quantitative estimate of drug-likeness (QED) is 0.831. The van der Waals surface area contributed by atoms with Crippen molar-refractivity contribution < 1.29 is 19.0 Å². The number of rotatable bonds is 6. The first-order valence-corrected chi connectivity index (χ1v) is 7.01. The minimum atomic E-state index is -0.240. The molecule has 2 rings (SSSR count). The van der Waals surface area contributed by atoms with Gasteiger partial charge in [-0.2, -0.15) is 0 Å². The molecule has 0 spiro atoms. The second kappa shape index (κ2) is 7.89. The number of hydrogen-bond donors (Lipinski definition) is 1. The van der Waals surface area contributed by atoms with Gasteiger partial charge in [0.1, 0.15) is 17.2 Å². The molecule has 120 valence electrons. The maximum Gasteiger partial charge on any atom is 0.248 e. The normalized spacial score (nSPS) is 10.4. The van der Waals surface area contributed by atoms with Gasteiger partial charge in [-0.1, -0.05) is 6.07 Å². The van der Waals surface area contributed by atoms with Crippen LogP contribution >= 0.6 is 0 Å². The summed E-state index contributed by atoms with van der Waals surface area (Å²) < 4.78 is 15.6. The summed E-state index contributed by atoms with van der Waals surface area (Å²) in [5.74, 6) is 1.77. The van der Waals surface area contributed by atoms with E-state index in [1.165, 1.54) is 6.08 Å². The summed E-state index contributed by atoms with van der Waals surface area (Å²) in [6, 6.07) is 12.6. The van der Waals surface area contributed by atoms with Gasteiger partial charge in [0.2, 0.25) is 5.91 Å². The van der Waals surface area contributed by atoms with Crippen molar-refractivity contribution >= 4 is 17.7 Å². The van der Waals surface area contributed by atoms with E-state index in [9.17, 15) is 4.79 Å². The highest BCUT2D eigenvalue weighted by Gasteiger charge is 2.04. The molecular weight excluding hydrogens is 294 g/mol. The van der Waals surface area contributed by atoms with Gasteiger partial charge in [-0.15, -0.1) is 0 Å². The van der Waals surface area contributed by atoms with Crippen LogP contribution in [0.3, 0.4) is 0 Å². The lowest BCUT2D eigenvalue weighted by atomic mass is 10.1. The van der Waals surface area contributed by atoms with Gasteiger partial charge in [0.05, 0.1) is 21.3 Å². The van der Waals surface area contributed by atoms with E-state index < -0.39 is 0 Å². The Bertz CT molecular complexity index is 710. The number of anilines is 1. The lowest BCUT2D eigenvalue weighted by Crippen LogP contribution is -2.07. The van der Waals surface area contributed by atoms with Crippen molar-refractivity contribution in [3.63, 3.8) is 0 Å². The van der Waals surface area contributed by atoms with Gasteiger partial charge >= 0.3 is 0 Å². The second-order valence-electron chi connectivity index (χ2n) is 4.66. The van der Waals surface area contributed by atoms with E-state index in [4.69, 9.17) is 14.2 Å². The van der Waals surface area contributed by atoms with Crippen molar-refractivity contribution in [2.45, 2.75) is 0 Å². The molecule has 0 saturated carbocycles. The average molecular weight is 313 g/mol. The SMILES string of the molecule is COc1cccc(NC(=O)C=Cc2ccc(OC)cc2OC)c1. The first kappa shape index (κ1) is 16.4. The van der Waals surface area contributed by atoms with Gasteiger partial charge in [0.15, 0.2) is 0 Å². The van der Waals surface area contributed by atoms with Crippen LogP contribution in [0.15, 0.2) is 48.5 Å². The van der Waals surface area contributed by atoms with Gasteiger partial charge in [-0.05, 0) is 30.3 Å². The smallest absolute Gasteiger partial charge is 0.248 e. The van der Waals surface area contributed by atoms with Crippen LogP contribution in [0.1, 0.15) is 5.56 Å². The Kier molecular flexibility index (Phi) is 5.63. The highest BCUT2D eigenvalue weighted by molar-refractivity contribution is 6.02. The van der Waals surface area contributed by atoms with E-state index in [0.717, 1.165) is 5.56 Å². The number of carbonyl (C=O) groups is 1. The summed E-state index contributed by atoms with van der Waals surface area (Å²) >= 11 is 0. The molecule has 5 heteroatoms. The van der Waals surface area contributed by atoms with Crippen LogP contribution in [0, 0.1) is 0 Å². The van der Waals surface area contributed by atoms with Crippen LogP contribution in [0.4, 0.5) is 5.69 Å². The van der Waals surface area contributed by atoms with Gasteiger partial charge in [0.25, 0.3) is 0 Å². The first-order chi connectivity index (χ1) is 11.2. The van der Waals surface area contributed by atoms with Crippen molar-refractivity contribution in [3.05, 3.63) is 54.1 Å². The molecule has 0 aliphatic heterocycles. The zero-order valence-corrected chi connectivity index (χ0v) is 13.3. The summed E-state index contributed by atoms with van der Waals surface area (Å²) in [6.07, 6.45) is 3.14. The summed E-state index contributed by atoms with van der Waals surface area (Å²) in [4.78, 5) is 12.0. The van der Waals surface area contributed by atoms with Crippen molar-refractivity contribution in [2.24, 2.45) is 0 Å². The molecule has 0 bridgehead atoms. The highest BCUT2D eigenvalue weighted by atomic mass is 16.5. The minimum absolute atomic E-state index is 0.240. The van der Waals surface area contributed by atoms with E-state index in [-0.39, 0.29) is 5.91 Å². The summed E-state index contributed by atoms with van der Waals surface area (Å²) in [5, 5.41) is 2.78. The maximum absolute atomic E-state index is 12.0. The largest absolute Gasteiger partial charge is 0.497 e. The number of benzene rings is 2. The number of amides is 1. The molecule has 2 aromatic carbocycles. The predicted molar refractivity (Wildman–Crippen MR) is 90.2 cm³/mol. The molecule has 0 saturated heterocycles. The van der Waals surface area contributed by atoms with Crippen LogP contribution in [0.5, 0.6) is 17.2 Å². The Morgan fingerprint density at radius 2 is 1.70 bits per heavy atom. The molecule has 0 aliphatic rings. The average Bonchev–Trinajstić information content (AvgIpc) is 2.59. The molecule has 0 radical (unpaired) electrons. The van der Waals surface area contributed by atoms with Crippen LogP contribution in [0.25, 0.3) is 6.08 Å². The van der Waals surface area contributed by atoms with Gasteiger partial charge < -0.3 is 19.5 Å². The van der Waals surface area contributed by atoms with E-state index in [2.05, 4.69) is 5.32 Å². The third-order valence-electron chi connectivity index (χ3n) is 3.19. The molecule has 5 nitrogen and oxygen atoms in total. The predicted octanol–water partition coefficient (Wildman–Crippen LogP) is 3.36. The van der Waals surface area contributed by atoms with Crippen LogP contribution in [0.2, 0.25) is 0 Å². The molecule has 0 aromatic heterocycles. The fourth-order valence-corrected chi connectivity index (χ4v) is 2.01. The van der Waals surface area contributed by atoms with Gasteiger partial charge in [-0.25, -0.2) is 0 Å². The Balaban J connectivity index is 2.08. The fourth-order valence-electron chi connectivity index (χ4n) is 2.01. The number of carbonyl (C=O) groups excluding carboxylic acids is 1. The summed E-state index contributed by atoms with van der Waals surface area (Å²) in [6.45, 7) is 0. The van der Waals surface area contributed by atoms with Gasteiger partial charge in [0, 0.05) is 29.5 Å². The lowest BCUT2D eigenvalue weighted by molar-refractivity contribution is -0.111. The number of ether oxygens (including phenoxy) is 3. The molecule has 0 aliphatic carbocycles. The van der Waals surface area contributed by atoms with Crippen molar-refractivity contribution in [2.75, 3.05) is 26.6 Å². The Hall–Kier alpha value is -2.95. The first-order valence-electron chi connectivity index (χ1n) is 7.01. The molecule has 1 amide bonds. The number of methoxy groups -OCH3 is 3. The molecule has 2 aromatic rings. The van der Waals surface area contributed by atoms with E-state index in [0.29, 0.717) is 22.9 Å². The maximum atomic E-state index is 12.0. The second-order valence-corrected chi connectivity index (χ2v) is 4.66. The van der Waals surface area contributed by atoms with E-state index in [1.54, 1.807) is 45.6 Å². The number of nitrogens with one attached hydrogen (secondary N) is 1. The van der Waals surface area contributed by atoms with Crippen molar-refractivity contribution in [1.82, 2.24) is 0 Å². The third-order valence-corrected chi connectivity index (χ3v) is 3.19. The zero-order chi connectivity index (χ0) is 16.7. The molecular formula is C18H19NO4. The Labute approximate surface area is 135 Å². The Morgan fingerprint density at radius 1 is 0.957 bits per heavy atom. The van der Waals surface area contributed by atoms with Crippen molar-refractivity contribution in [1.29, 1.82) is 0 Å². The van der Waals surface area contributed by atoms with E-state index in [1.807, 2.05) is 24.3 Å². The van der Waals surface area contributed by atoms with Gasteiger partial charge in [-0.3, -0.25) is 4.79 Å². The van der Waals surface area contributed by atoms with Crippen LogP contribution < -0.4 is 19.5 Å². The molecule has 0 atom stereocenters. The third kappa shape index (κ3) is 4.51.